The Bertz CT molecular complexity index is 1160. The van der Waals surface area contributed by atoms with Crippen molar-refractivity contribution in [2.24, 2.45) is 0 Å². The summed E-state index contributed by atoms with van der Waals surface area (Å²) in [5.74, 6) is 0.383. The second kappa shape index (κ2) is 11.6. The average molecular weight is 479 g/mol. The Labute approximate surface area is 203 Å². The second-order valence-corrected chi connectivity index (χ2v) is 8.57. The smallest absolute Gasteiger partial charge is 0.269 e. The molecule has 2 N–H and O–H groups in total. The Hall–Kier alpha value is -3.52. The number of nitrogens with one attached hydrogen (secondary N) is 2. The van der Waals surface area contributed by atoms with Gasteiger partial charge < -0.3 is 15.5 Å². The summed E-state index contributed by atoms with van der Waals surface area (Å²) in [6.07, 6.45) is 7.70. The van der Waals surface area contributed by atoms with E-state index in [1.165, 1.54) is 0 Å². The first kappa shape index (κ1) is 23.6. The van der Waals surface area contributed by atoms with E-state index in [4.69, 9.17) is 11.6 Å². The molecular formula is C25H27ClN6O2. The molecule has 3 aromatic rings. The van der Waals surface area contributed by atoms with E-state index in [-0.39, 0.29) is 11.8 Å². The third-order valence-electron chi connectivity index (χ3n) is 5.59. The SMILES string of the molecule is O=C(NCCCN1CCCCCC1=O)c1cc(-c2ccnc(Nc3cccc(Cl)c3)n2)ccn1. The number of carbonyl (C=O) groups excluding carboxylic acids is 2. The van der Waals surface area contributed by atoms with Crippen LogP contribution in [0.3, 0.4) is 0 Å². The topological polar surface area (TPSA) is 100 Å². The van der Waals surface area contributed by atoms with Gasteiger partial charge in [0.15, 0.2) is 0 Å². The fourth-order valence-corrected chi connectivity index (χ4v) is 4.02. The predicted molar refractivity (Wildman–Crippen MR) is 132 cm³/mol. The molecule has 1 aliphatic heterocycles. The van der Waals surface area contributed by atoms with Crippen molar-refractivity contribution in [1.29, 1.82) is 0 Å². The van der Waals surface area contributed by atoms with E-state index < -0.39 is 0 Å². The van der Waals surface area contributed by atoms with E-state index in [9.17, 15) is 9.59 Å². The van der Waals surface area contributed by atoms with E-state index in [2.05, 4.69) is 25.6 Å². The third kappa shape index (κ3) is 6.51. The van der Waals surface area contributed by atoms with Crippen LogP contribution in [-0.2, 0) is 4.79 Å². The van der Waals surface area contributed by atoms with E-state index in [1.807, 2.05) is 17.0 Å². The molecule has 0 bridgehead atoms. The van der Waals surface area contributed by atoms with Crippen LogP contribution >= 0.6 is 11.6 Å². The molecule has 8 nitrogen and oxygen atoms in total. The zero-order valence-electron chi connectivity index (χ0n) is 18.8. The Morgan fingerprint density at radius 2 is 1.94 bits per heavy atom. The number of halogens is 1. The van der Waals surface area contributed by atoms with Crippen molar-refractivity contribution in [3.8, 4) is 11.3 Å². The molecule has 0 unspecified atom stereocenters. The molecule has 1 saturated heterocycles. The first-order chi connectivity index (χ1) is 16.6. The molecule has 176 valence electrons. The number of hydrogen-bond acceptors (Lipinski definition) is 6. The zero-order chi connectivity index (χ0) is 23.8. The van der Waals surface area contributed by atoms with Gasteiger partial charge in [-0.05, 0) is 55.7 Å². The van der Waals surface area contributed by atoms with Crippen molar-refractivity contribution in [2.75, 3.05) is 25.0 Å². The van der Waals surface area contributed by atoms with E-state index >= 15 is 0 Å². The molecule has 4 rings (SSSR count). The summed E-state index contributed by atoms with van der Waals surface area (Å²) in [5, 5.41) is 6.65. The summed E-state index contributed by atoms with van der Waals surface area (Å²) < 4.78 is 0. The summed E-state index contributed by atoms with van der Waals surface area (Å²) in [6, 6.07) is 12.6. The third-order valence-corrected chi connectivity index (χ3v) is 5.82. The molecule has 34 heavy (non-hydrogen) atoms. The van der Waals surface area contributed by atoms with Gasteiger partial charge in [-0.3, -0.25) is 14.6 Å². The number of likely N-dealkylation sites (tertiary alicyclic amines) is 1. The van der Waals surface area contributed by atoms with Crippen LogP contribution in [0.1, 0.15) is 42.6 Å². The van der Waals surface area contributed by atoms with Gasteiger partial charge in [0.25, 0.3) is 5.91 Å². The van der Waals surface area contributed by atoms with Gasteiger partial charge in [0.2, 0.25) is 11.9 Å². The number of amides is 2. The molecule has 9 heteroatoms. The highest BCUT2D eigenvalue weighted by Gasteiger charge is 2.16. The number of benzene rings is 1. The number of hydrogen-bond donors (Lipinski definition) is 2. The first-order valence-electron chi connectivity index (χ1n) is 11.5. The average Bonchev–Trinajstić information content (AvgIpc) is 3.06. The quantitative estimate of drug-likeness (QED) is 0.464. The summed E-state index contributed by atoms with van der Waals surface area (Å²) in [5.41, 5.74) is 2.51. The number of anilines is 2. The minimum absolute atomic E-state index is 0.215. The Morgan fingerprint density at radius 1 is 1.06 bits per heavy atom. The van der Waals surface area contributed by atoms with Gasteiger partial charge >= 0.3 is 0 Å². The highest BCUT2D eigenvalue weighted by atomic mass is 35.5. The van der Waals surface area contributed by atoms with Crippen LogP contribution in [0.25, 0.3) is 11.3 Å². The minimum Gasteiger partial charge on any atom is -0.351 e. The molecular weight excluding hydrogens is 452 g/mol. The monoisotopic (exact) mass is 478 g/mol. The molecule has 0 radical (unpaired) electrons. The second-order valence-electron chi connectivity index (χ2n) is 8.13. The maximum atomic E-state index is 12.6. The molecule has 0 saturated carbocycles. The van der Waals surface area contributed by atoms with Gasteiger partial charge in [0, 0.05) is 54.7 Å². The Balaban J connectivity index is 1.35. The standard InChI is InChI=1S/C25H27ClN6O2/c26-19-6-4-7-20(17-19)30-25-29-13-10-21(31-25)18-9-12-27-22(16-18)24(34)28-11-5-15-32-14-3-1-2-8-23(32)33/h4,6-7,9-10,12-13,16-17H,1-3,5,8,11,14-15H2,(H,28,34)(H,29,30,31). The van der Waals surface area contributed by atoms with Crippen molar-refractivity contribution in [2.45, 2.75) is 32.1 Å². The van der Waals surface area contributed by atoms with Crippen molar-refractivity contribution in [3.63, 3.8) is 0 Å². The number of carbonyl (C=O) groups is 2. The summed E-state index contributed by atoms with van der Waals surface area (Å²) >= 11 is 6.04. The molecule has 0 spiro atoms. The largest absolute Gasteiger partial charge is 0.351 e. The van der Waals surface area contributed by atoms with Crippen molar-refractivity contribution in [1.82, 2.24) is 25.2 Å². The van der Waals surface area contributed by atoms with Crippen LogP contribution in [0, 0.1) is 0 Å². The maximum Gasteiger partial charge on any atom is 0.269 e. The molecule has 3 heterocycles. The van der Waals surface area contributed by atoms with Crippen molar-refractivity contribution < 1.29 is 9.59 Å². The molecule has 1 aliphatic rings. The summed E-state index contributed by atoms with van der Waals surface area (Å²) in [4.78, 5) is 39.6. The van der Waals surface area contributed by atoms with Gasteiger partial charge in [-0.2, -0.15) is 0 Å². The predicted octanol–water partition coefficient (Wildman–Crippen LogP) is 4.46. The van der Waals surface area contributed by atoms with Gasteiger partial charge in [0.05, 0.1) is 5.69 Å². The lowest BCUT2D eigenvalue weighted by Gasteiger charge is -2.20. The van der Waals surface area contributed by atoms with Crippen LogP contribution in [0.5, 0.6) is 0 Å². The highest BCUT2D eigenvalue weighted by Crippen LogP contribution is 2.21. The number of rotatable bonds is 8. The Kier molecular flexibility index (Phi) is 8.04. The van der Waals surface area contributed by atoms with Crippen molar-refractivity contribution in [3.05, 3.63) is 65.6 Å². The summed E-state index contributed by atoms with van der Waals surface area (Å²) in [7, 11) is 0. The number of aromatic nitrogens is 3. The maximum absolute atomic E-state index is 12.6. The zero-order valence-corrected chi connectivity index (χ0v) is 19.6. The van der Waals surface area contributed by atoms with E-state index in [0.29, 0.717) is 48.3 Å². The normalized spacial score (nSPS) is 13.9. The lowest BCUT2D eigenvalue weighted by Crippen LogP contribution is -2.34. The molecule has 2 aromatic heterocycles. The van der Waals surface area contributed by atoms with Crippen LogP contribution in [0.15, 0.2) is 54.9 Å². The highest BCUT2D eigenvalue weighted by molar-refractivity contribution is 6.30. The summed E-state index contributed by atoms with van der Waals surface area (Å²) in [6.45, 7) is 1.95. The van der Waals surface area contributed by atoms with Crippen LogP contribution in [-0.4, -0.2) is 51.3 Å². The van der Waals surface area contributed by atoms with Gasteiger partial charge in [-0.25, -0.2) is 9.97 Å². The molecule has 0 atom stereocenters. The Morgan fingerprint density at radius 3 is 2.82 bits per heavy atom. The molecule has 0 aliphatic carbocycles. The van der Waals surface area contributed by atoms with Crippen molar-refractivity contribution >= 4 is 35.1 Å². The molecule has 1 fully saturated rings. The van der Waals surface area contributed by atoms with E-state index in [0.717, 1.165) is 37.1 Å². The molecule has 1 aromatic carbocycles. The fraction of sp³-hybridized carbons (Fsp3) is 0.320. The van der Waals surface area contributed by atoms with Gasteiger partial charge in [-0.1, -0.05) is 24.1 Å². The lowest BCUT2D eigenvalue weighted by molar-refractivity contribution is -0.130. The van der Waals surface area contributed by atoms with Gasteiger partial charge in [0.1, 0.15) is 5.69 Å². The minimum atomic E-state index is -0.254. The number of nitrogens with zero attached hydrogens (tertiary/aromatic N) is 4. The molecule has 2 amide bonds. The van der Waals surface area contributed by atoms with E-state index in [1.54, 1.807) is 42.7 Å². The van der Waals surface area contributed by atoms with Gasteiger partial charge in [-0.15, -0.1) is 0 Å². The van der Waals surface area contributed by atoms with Crippen LogP contribution in [0.4, 0.5) is 11.6 Å². The number of pyridine rings is 1. The fourth-order valence-electron chi connectivity index (χ4n) is 3.83. The lowest BCUT2D eigenvalue weighted by atomic mass is 10.1. The first-order valence-corrected chi connectivity index (χ1v) is 11.8. The van der Waals surface area contributed by atoms with Crippen LogP contribution in [0.2, 0.25) is 5.02 Å². The van der Waals surface area contributed by atoms with Crippen LogP contribution < -0.4 is 10.6 Å².